The minimum atomic E-state index is -0.572. The fourth-order valence-electron chi connectivity index (χ4n) is 2.71. The molecule has 2 aromatic carbocycles. The van der Waals surface area contributed by atoms with Gasteiger partial charge >= 0.3 is 5.69 Å². The standard InChI is InChI=1S/C21H22FN3O2/c22-19-14-25(13-7-12-17-8-3-1-4-9-17)21(26)24-20(19)23-16-27-15-18-10-5-2-6-11-18/h1-6,8-11,14H,7,12-13,15-16H2,(H,23,24,26). The number of aromatic nitrogens is 2. The Morgan fingerprint density at radius 1 is 1.00 bits per heavy atom. The van der Waals surface area contributed by atoms with Gasteiger partial charge in [0.25, 0.3) is 0 Å². The van der Waals surface area contributed by atoms with Gasteiger partial charge in [-0.2, -0.15) is 4.98 Å². The maximum absolute atomic E-state index is 14.2. The highest BCUT2D eigenvalue weighted by molar-refractivity contribution is 5.33. The number of nitrogens with zero attached hydrogens (tertiary/aromatic N) is 2. The van der Waals surface area contributed by atoms with Gasteiger partial charge in [-0.25, -0.2) is 9.18 Å². The molecule has 0 spiro atoms. The maximum atomic E-state index is 14.2. The topological polar surface area (TPSA) is 56.1 Å². The molecular formula is C21H22FN3O2. The van der Waals surface area contributed by atoms with E-state index < -0.39 is 11.5 Å². The van der Waals surface area contributed by atoms with Crippen molar-refractivity contribution in [3.8, 4) is 0 Å². The molecule has 0 saturated heterocycles. The molecule has 0 aliphatic rings. The van der Waals surface area contributed by atoms with Gasteiger partial charge in [0.1, 0.15) is 6.73 Å². The third kappa shape index (κ3) is 5.76. The summed E-state index contributed by atoms with van der Waals surface area (Å²) in [6.45, 7) is 0.880. The fraction of sp³-hybridized carbons (Fsp3) is 0.238. The summed E-state index contributed by atoms with van der Waals surface area (Å²) in [5.41, 5.74) is 1.73. The highest BCUT2D eigenvalue weighted by atomic mass is 19.1. The monoisotopic (exact) mass is 367 g/mol. The lowest BCUT2D eigenvalue weighted by atomic mass is 10.1. The first-order chi connectivity index (χ1) is 13.2. The van der Waals surface area contributed by atoms with Gasteiger partial charge in [-0.1, -0.05) is 60.7 Å². The zero-order valence-corrected chi connectivity index (χ0v) is 15.0. The molecule has 6 heteroatoms. The Kier molecular flexibility index (Phi) is 6.71. The Morgan fingerprint density at radius 3 is 2.37 bits per heavy atom. The van der Waals surface area contributed by atoms with E-state index in [1.807, 2.05) is 60.7 Å². The summed E-state index contributed by atoms with van der Waals surface area (Å²) in [7, 11) is 0. The summed E-state index contributed by atoms with van der Waals surface area (Å²) < 4.78 is 20.9. The second kappa shape index (κ2) is 9.64. The molecular weight excluding hydrogens is 345 g/mol. The van der Waals surface area contributed by atoms with Crippen molar-refractivity contribution >= 4 is 5.82 Å². The van der Waals surface area contributed by atoms with E-state index in [0.717, 1.165) is 18.4 Å². The number of rotatable bonds is 9. The van der Waals surface area contributed by atoms with E-state index in [1.165, 1.54) is 16.3 Å². The second-order valence-corrected chi connectivity index (χ2v) is 6.16. The van der Waals surface area contributed by atoms with Gasteiger partial charge in [-0.3, -0.25) is 4.57 Å². The van der Waals surface area contributed by atoms with Crippen molar-refractivity contribution in [2.45, 2.75) is 26.0 Å². The Labute approximate surface area is 157 Å². The SMILES string of the molecule is O=c1nc(NCOCc2ccccc2)c(F)cn1CCCc1ccccc1. The molecule has 1 aromatic heterocycles. The van der Waals surface area contributed by atoms with Gasteiger partial charge in [0, 0.05) is 12.7 Å². The van der Waals surface area contributed by atoms with E-state index >= 15 is 0 Å². The molecule has 0 radical (unpaired) electrons. The lowest BCUT2D eigenvalue weighted by Crippen LogP contribution is -2.25. The predicted octanol–water partition coefficient (Wildman–Crippen LogP) is 3.60. The van der Waals surface area contributed by atoms with Crippen LogP contribution in [0.2, 0.25) is 0 Å². The van der Waals surface area contributed by atoms with Crippen LogP contribution in [-0.2, 0) is 24.3 Å². The van der Waals surface area contributed by atoms with E-state index in [2.05, 4.69) is 10.3 Å². The van der Waals surface area contributed by atoms with Crippen LogP contribution in [0.4, 0.5) is 10.2 Å². The molecule has 0 saturated carbocycles. The van der Waals surface area contributed by atoms with Crippen molar-refractivity contribution in [1.82, 2.24) is 9.55 Å². The molecule has 3 rings (SSSR count). The smallest absolute Gasteiger partial charge is 0.349 e. The van der Waals surface area contributed by atoms with Crippen LogP contribution in [-0.4, -0.2) is 16.3 Å². The predicted molar refractivity (Wildman–Crippen MR) is 103 cm³/mol. The Balaban J connectivity index is 1.49. The van der Waals surface area contributed by atoms with Crippen molar-refractivity contribution in [2.75, 3.05) is 12.0 Å². The van der Waals surface area contributed by atoms with Crippen LogP contribution in [0.5, 0.6) is 0 Å². The highest BCUT2D eigenvalue weighted by Gasteiger charge is 2.08. The lowest BCUT2D eigenvalue weighted by molar-refractivity contribution is 0.138. The van der Waals surface area contributed by atoms with Gasteiger partial charge in [-0.15, -0.1) is 0 Å². The van der Waals surface area contributed by atoms with Gasteiger partial charge in [0.15, 0.2) is 11.6 Å². The summed E-state index contributed by atoms with van der Waals surface area (Å²) in [5.74, 6) is -0.662. The third-order valence-electron chi connectivity index (χ3n) is 4.11. The van der Waals surface area contributed by atoms with Crippen molar-refractivity contribution in [3.63, 3.8) is 0 Å². The Hall–Kier alpha value is -2.99. The Bertz CT molecular complexity index is 898. The van der Waals surface area contributed by atoms with E-state index in [1.54, 1.807) is 0 Å². The van der Waals surface area contributed by atoms with Crippen LogP contribution < -0.4 is 11.0 Å². The number of anilines is 1. The van der Waals surface area contributed by atoms with E-state index in [4.69, 9.17) is 4.74 Å². The first kappa shape index (κ1) is 18.8. The average Bonchev–Trinajstić information content (AvgIpc) is 2.70. The minimum absolute atomic E-state index is 0.0657. The van der Waals surface area contributed by atoms with Crippen LogP contribution in [0.3, 0.4) is 0 Å². The summed E-state index contributed by atoms with van der Waals surface area (Å²) in [4.78, 5) is 15.9. The molecule has 0 aliphatic carbocycles. The van der Waals surface area contributed by atoms with Crippen LogP contribution >= 0.6 is 0 Å². The number of hydrogen-bond donors (Lipinski definition) is 1. The zero-order valence-electron chi connectivity index (χ0n) is 15.0. The van der Waals surface area contributed by atoms with Gasteiger partial charge in [0.2, 0.25) is 0 Å². The van der Waals surface area contributed by atoms with Crippen molar-refractivity contribution in [1.29, 1.82) is 0 Å². The molecule has 0 amide bonds. The molecule has 5 nitrogen and oxygen atoms in total. The summed E-state index contributed by atoms with van der Waals surface area (Å²) in [6.07, 6.45) is 2.75. The third-order valence-corrected chi connectivity index (χ3v) is 4.11. The number of nitrogens with one attached hydrogen (secondary N) is 1. The maximum Gasteiger partial charge on any atom is 0.349 e. The fourth-order valence-corrected chi connectivity index (χ4v) is 2.71. The number of benzene rings is 2. The van der Waals surface area contributed by atoms with Gasteiger partial charge in [0.05, 0.1) is 6.61 Å². The highest BCUT2D eigenvalue weighted by Crippen LogP contribution is 2.09. The van der Waals surface area contributed by atoms with Crippen molar-refractivity contribution in [3.05, 3.63) is 94.3 Å². The molecule has 1 N–H and O–H groups in total. The van der Waals surface area contributed by atoms with Crippen molar-refractivity contribution in [2.24, 2.45) is 0 Å². The lowest BCUT2D eigenvalue weighted by Gasteiger charge is -2.10. The molecule has 3 aromatic rings. The van der Waals surface area contributed by atoms with Gasteiger partial charge in [-0.05, 0) is 24.0 Å². The van der Waals surface area contributed by atoms with Crippen LogP contribution in [0.15, 0.2) is 71.7 Å². The molecule has 140 valence electrons. The van der Waals surface area contributed by atoms with Crippen molar-refractivity contribution < 1.29 is 9.13 Å². The number of halogens is 1. The molecule has 0 atom stereocenters. The molecule has 0 bridgehead atoms. The number of ether oxygens (including phenoxy) is 1. The number of aryl methyl sites for hydroxylation is 2. The Morgan fingerprint density at radius 2 is 1.67 bits per heavy atom. The molecule has 27 heavy (non-hydrogen) atoms. The van der Waals surface area contributed by atoms with E-state index in [0.29, 0.717) is 13.2 Å². The molecule has 0 aliphatic heterocycles. The van der Waals surface area contributed by atoms with Crippen LogP contribution in [0.25, 0.3) is 0 Å². The minimum Gasteiger partial charge on any atom is -0.357 e. The largest absolute Gasteiger partial charge is 0.357 e. The normalized spacial score (nSPS) is 10.7. The summed E-state index contributed by atoms with van der Waals surface area (Å²) in [5, 5.41) is 2.71. The van der Waals surface area contributed by atoms with Gasteiger partial charge < -0.3 is 10.1 Å². The van der Waals surface area contributed by atoms with E-state index in [9.17, 15) is 9.18 Å². The second-order valence-electron chi connectivity index (χ2n) is 6.16. The van der Waals surface area contributed by atoms with Crippen LogP contribution in [0, 0.1) is 5.82 Å². The molecule has 1 heterocycles. The molecule has 0 fully saturated rings. The number of hydrogen-bond acceptors (Lipinski definition) is 4. The molecule has 0 unspecified atom stereocenters. The first-order valence-corrected chi connectivity index (χ1v) is 8.89. The zero-order chi connectivity index (χ0) is 18.9. The average molecular weight is 367 g/mol. The summed E-state index contributed by atoms with van der Waals surface area (Å²) >= 11 is 0. The first-order valence-electron chi connectivity index (χ1n) is 8.89. The summed E-state index contributed by atoms with van der Waals surface area (Å²) in [6, 6.07) is 19.6. The van der Waals surface area contributed by atoms with E-state index in [-0.39, 0.29) is 12.5 Å². The quantitative estimate of drug-likeness (QED) is 0.464. The van der Waals surface area contributed by atoms with Crippen LogP contribution in [0.1, 0.15) is 17.5 Å².